The van der Waals surface area contributed by atoms with Crippen LogP contribution in [0.2, 0.25) is 0 Å². The first-order valence-corrected chi connectivity index (χ1v) is 11.5. The second kappa shape index (κ2) is 10.9. The first-order valence-electron chi connectivity index (χ1n) is 11.5. The van der Waals surface area contributed by atoms with E-state index in [1.807, 2.05) is 65.5 Å². The average molecular weight is 490 g/mol. The molecule has 0 saturated heterocycles. The second-order valence-corrected chi connectivity index (χ2v) is 7.87. The highest BCUT2D eigenvalue weighted by Gasteiger charge is 2.27. The fraction of sp³-hybridized carbons (Fsp3) is 0.250. The van der Waals surface area contributed by atoms with Crippen molar-refractivity contribution in [2.75, 3.05) is 35.0 Å². The van der Waals surface area contributed by atoms with Crippen LogP contribution in [0.1, 0.15) is 23.0 Å². The Labute approximate surface area is 210 Å². The van der Waals surface area contributed by atoms with Crippen molar-refractivity contribution in [2.45, 2.75) is 13.5 Å². The zero-order valence-corrected chi connectivity index (χ0v) is 21.0. The topological polar surface area (TPSA) is 80.0 Å². The van der Waals surface area contributed by atoms with Crippen molar-refractivity contribution in [3.63, 3.8) is 0 Å². The number of carbonyl (C=O) groups excluding carboxylic acids is 1. The van der Waals surface area contributed by atoms with E-state index in [4.69, 9.17) is 28.7 Å². The highest BCUT2D eigenvalue weighted by Crippen LogP contribution is 2.41. The Balaban J connectivity index is 2.11. The van der Waals surface area contributed by atoms with Gasteiger partial charge in [-0.05, 0) is 30.7 Å². The van der Waals surface area contributed by atoms with E-state index in [-0.39, 0.29) is 6.61 Å². The van der Waals surface area contributed by atoms with E-state index in [1.54, 1.807) is 35.4 Å². The molecule has 0 fully saturated rings. The van der Waals surface area contributed by atoms with E-state index in [1.165, 1.54) is 0 Å². The normalized spacial score (nSPS) is 10.7. The Hall–Kier alpha value is -4.33. The number of aromatic nitrogens is 2. The van der Waals surface area contributed by atoms with Gasteiger partial charge in [-0.1, -0.05) is 12.1 Å². The molecule has 36 heavy (non-hydrogen) atoms. The summed E-state index contributed by atoms with van der Waals surface area (Å²) in [7, 11) is 6.30. The quantitative estimate of drug-likeness (QED) is 0.254. The maximum Gasteiger partial charge on any atom is 0.340 e. The van der Waals surface area contributed by atoms with Crippen molar-refractivity contribution in [3.05, 3.63) is 72.2 Å². The first-order chi connectivity index (χ1) is 17.5. The molecule has 0 radical (unpaired) electrons. The summed E-state index contributed by atoms with van der Waals surface area (Å²) in [6, 6.07) is 15.0. The second-order valence-electron chi connectivity index (χ2n) is 7.87. The van der Waals surface area contributed by atoms with Gasteiger partial charge in [-0.15, -0.1) is 0 Å². The molecule has 0 saturated carbocycles. The van der Waals surface area contributed by atoms with Gasteiger partial charge < -0.3 is 23.7 Å². The van der Waals surface area contributed by atoms with E-state index < -0.39 is 5.97 Å². The lowest BCUT2D eigenvalue weighted by molar-refractivity contribution is -0.688. The summed E-state index contributed by atoms with van der Waals surface area (Å²) < 4.78 is 29.6. The number of hydrogen-bond acceptors (Lipinski definition) is 7. The van der Waals surface area contributed by atoms with Crippen LogP contribution in [0, 0.1) is 0 Å². The molecule has 8 nitrogen and oxygen atoms in total. The summed E-state index contributed by atoms with van der Waals surface area (Å²) in [6.45, 7) is 2.37. The van der Waals surface area contributed by atoms with Crippen LogP contribution in [-0.4, -0.2) is 46.0 Å². The van der Waals surface area contributed by atoms with Crippen LogP contribution in [0.25, 0.3) is 22.0 Å². The summed E-state index contributed by atoms with van der Waals surface area (Å²) in [6.07, 6.45) is 3.84. The first kappa shape index (κ1) is 24.8. The number of esters is 1. The number of hydrogen-bond donors (Lipinski definition) is 0. The Morgan fingerprint density at radius 2 is 1.47 bits per heavy atom. The van der Waals surface area contributed by atoms with Gasteiger partial charge in [0.2, 0.25) is 0 Å². The van der Waals surface area contributed by atoms with Gasteiger partial charge in [-0.2, -0.15) is 4.57 Å². The zero-order valence-electron chi connectivity index (χ0n) is 21.0. The molecule has 8 heteroatoms. The third kappa shape index (κ3) is 4.75. The van der Waals surface area contributed by atoms with Crippen LogP contribution >= 0.6 is 0 Å². The molecule has 0 aliphatic carbocycles. The largest absolute Gasteiger partial charge is 0.493 e. The van der Waals surface area contributed by atoms with Crippen molar-refractivity contribution in [1.29, 1.82) is 0 Å². The minimum atomic E-state index is -0.460. The fourth-order valence-corrected chi connectivity index (χ4v) is 4.18. The zero-order chi connectivity index (χ0) is 25.7. The van der Waals surface area contributed by atoms with Gasteiger partial charge in [0.15, 0.2) is 41.9 Å². The maximum atomic E-state index is 13.5. The van der Waals surface area contributed by atoms with Crippen LogP contribution in [0.5, 0.6) is 23.0 Å². The third-order valence-electron chi connectivity index (χ3n) is 5.83. The van der Waals surface area contributed by atoms with Gasteiger partial charge in [-0.3, -0.25) is 0 Å². The monoisotopic (exact) mass is 489 g/mol. The molecule has 0 atom stereocenters. The molecule has 0 amide bonds. The van der Waals surface area contributed by atoms with Gasteiger partial charge in [-0.25, -0.2) is 9.78 Å². The van der Waals surface area contributed by atoms with E-state index in [0.717, 1.165) is 5.56 Å². The van der Waals surface area contributed by atoms with Crippen LogP contribution in [0.15, 0.2) is 60.9 Å². The Bertz CT molecular complexity index is 1390. The lowest BCUT2D eigenvalue weighted by atomic mass is 9.93. The number of benzene rings is 2. The van der Waals surface area contributed by atoms with Crippen LogP contribution < -0.4 is 23.5 Å². The van der Waals surface area contributed by atoms with Crippen molar-refractivity contribution in [1.82, 2.24) is 4.98 Å². The minimum absolute atomic E-state index is 0.228. The van der Waals surface area contributed by atoms with E-state index in [9.17, 15) is 4.79 Å². The summed E-state index contributed by atoms with van der Waals surface area (Å²) in [5.41, 5.74) is 2.99. The lowest BCUT2D eigenvalue weighted by Crippen LogP contribution is -2.34. The molecule has 0 spiro atoms. The molecular weight excluding hydrogens is 460 g/mol. The average Bonchev–Trinajstić information content (AvgIpc) is 2.91. The Morgan fingerprint density at radius 1 is 0.833 bits per heavy atom. The molecule has 4 aromatic rings. The maximum absolute atomic E-state index is 13.5. The lowest BCUT2D eigenvalue weighted by Gasteiger charge is -2.18. The van der Waals surface area contributed by atoms with E-state index in [2.05, 4.69) is 0 Å². The molecular formula is C28H29N2O6+. The molecule has 0 unspecified atom stereocenters. The Kier molecular flexibility index (Phi) is 7.53. The van der Waals surface area contributed by atoms with Crippen LogP contribution in [0.3, 0.4) is 0 Å². The number of nitrogens with zero attached hydrogens (tertiary/aromatic N) is 2. The van der Waals surface area contributed by atoms with Crippen molar-refractivity contribution < 1.29 is 33.0 Å². The van der Waals surface area contributed by atoms with E-state index in [0.29, 0.717) is 57.3 Å². The number of ether oxygens (including phenoxy) is 5. The summed E-state index contributed by atoms with van der Waals surface area (Å²) in [5, 5.41) is 0.713. The minimum Gasteiger partial charge on any atom is -0.493 e. The van der Waals surface area contributed by atoms with Crippen molar-refractivity contribution in [3.8, 4) is 34.1 Å². The summed E-state index contributed by atoms with van der Waals surface area (Å²) in [4.78, 5) is 18.4. The van der Waals surface area contributed by atoms with Crippen LogP contribution in [0.4, 0.5) is 0 Å². The predicted octanol–water partition coefficient (Wildman–Crippen LogP) is 4.45. The molecule has 2 aromatic heterocycles. The fourth-order valence-electron chi connectivity index (χ4n) is 4.18. The SMILES string of the molecule is CCOC(=O)c1c(C[n+]2ccccc2)nc2cc(OC)c(OC)cc2c1-c1ccc(OC)c(OC)c1. The molecule has 186 valence electrons. The molecule has 0 aliphatic heterocycles. The summed E-state index contributed by atoms with van der Waals surface area (Å²) in [5.74, 6) is 1.72. The molecule has 0 N–H and O–H groups in total. The number of pyridine rings is 2. The molecule has 0 bridgehead atoms. The van der Waals surface area contributed by atoms with Gasteiger partial charge in [0.25, 0.3) is 0 Å². The Morgan fingerprint density at radius 3 is 2.11 bits per heavy atom. The number of rotatable bonds is 9. The van der Waals surface area contributed by atoms with Crippen LogP contribution in [-0.2, 0) is 11.3 Å². The summed E-state index contributed by atoms with van der Waals surface area (Å²) >= 11 is 0. The standard InChI is InChI=1S/C28H29N2O6/c1-6-36-28(31)27-21(17-30-12-8-7-9-13-30)29-20-16-25(35-5)24(34-4)15-19(20)26(27)18-10-11-22(32-2)23(14-18)33-3/h7-16H,6,17H2,1-5H3/q+1. The molecule has 2 aromatic carbocycles. The van der Waals surface area contributed by atoms with Gasteiger partial charge in [0.1, 0.15) is 5.69 Å². The molecule has 4 rings (SSSR count). The van der Waals surface area contributed by atoms with E-state index >= 15 is 0 Å². The van der Waals surface area contributed by atoms with Crippen molar-refractivity contribution >= 4 is 16.9 Å². The smallest absolute Gasteiger partial charge is 0.340 e. The van der Waals surface area contributed by atoms with Gasteiger partial charge in [0.05, 0.1) is 46.1 Å². The van der Waals surface area contributed by atoms with Gasteiger partial charge in [0, 0.05) is 29.1 Å². The highest BCUT2D eigenvalue weighted by molar-refractivity contribution is 6.08. The highest BCUT2D eigenvalue weighted by atomic mass is 16.5. The number of fused-ring (bicyclic) bond motifs is 1. The van der Waals surface area contributed by atoms with Gasteiger partial charge >= 0.3 is 5.97 Å². The number of methoxy groups -OCH3 is 4. The van der Waals surface area contributed by atoms with Crippen molar-refractivity contribution in [2.24, 2.45) is 0 Å². The molecule has 2 heterocycles. The number of carbonyl (C=O) groups is 1. The molecule has 0 aliphatic rings. The third-order valence-corrected chi connectivity index (χ3v) is 5.83. The predicted molar refractivity (Wildman–Crippen MR) is 135 cm³/mol.